The molecule has 0 saturated carbocycles. The summed E-state index contributed by atoms with van der Waals surface area (Å²) in [5.41, 5.74) is 6.25. The SMILES string of the molecule is CCc1cccc(-c2c(F)cccc2C(O)(CCCNC(=O)OC)C2CCCN(C(=O)C(C)(C)N)C2)c1. The molecule has 2 amide bonds. The lowest BCUT2D eigenvalue weighted by atomic mass is 9.72. The molecule has 1 aliphatic rings. The Morgan fingerprint density at radius 1 is 1.24 bits per heavy atom. The minimum atomic E-state index is -1.45. The van der Waals surface area contributed by atoms with Gasteiger partial charge in [-0.15, -0.1) is 0 Å². The number of aliphatic hydroxyl groups is 1. The minimum Gasteiger partial charge on any atom is -0.453 e. The summed E-state index contributed by atoms with van der Waals surface area (Å²) in [6.07, 6.45) is 2.32. The topological polar surface area (TPSA) is 105 Å². The fraction of sp³-hybridized carbons (Fsp3) is 0.517. The summed E-state index contributed by atoms with van der Waals surface area (Å²) in [5, 5.41) is 15.1. The third kappa shape index (κ3) is 6.67. The lowest BCUT2D eigenvalue weighted by molar-refractivity contribution is -0.141. The number of nitrogens with two attached hydrogens (primary N) is 1. The van der Waals surface area contributed by atoms with Crippen LogP contribution in [0.5, 0.6) is 0 Å². The van der Waals surface area contributed by atoms with E-state index in [0.717, 1.165) is 12.0 Å². The lowest BCUT2D eigenvalue weighted by Crippen LogP contribution is -2.56. The smallest absolute Gasteiger partial charge is 0.406 e. The second-order valence-corrected chi connectivity index (χ2v) is 10.5. The first-order chi connectivity index (χ1) is 17.5. The molecule has 7 nitrogen and oxygen atoms in total. The van der Waals surface area contributed by atoms with Crippen molar-refractivity contribution in [3.05, 3.63) is 59.4 Å². The molecule has 1 heterocycles. The average molecular weight is 514 g/mol. The van der Waals surface area contributed by atoms with Crippen LogP contribution in [-0.4, -0.2) is 54.3 Å². The van der Waals surface area contributed by atoms with Crippen molar-refractivity contribution in [3.63, 3.8) is 0 Å². The van der Waals surface area contributed by atoms with Crippen molar-refractivity contribution in [2.75, 3.05) is 26.7 Å². The molecule has 0 aromatic heterocycles. The van der Waals surface area contributed by atoms with Gasteiger partial charge in [-0.1, -0.05) is 43.3 Å². The number of hydrogen-bond donors (Lipinski definition) is 3. The summed E-state index contributed by atoms with van der Waals surface area (Å²) in [5.74, 6) is -0.939. The molecule has 0 bridgehead atoms. The molecule has 0 aliphatic carbocycles. The van der Waals surface area contributed by atoms with Crippen LogP contribution in [0.1, 0.15) is 57.6 Å². The summed E-state index contributed by atoms with van der Waals surface area (Å²) in [7, 11) is 1.29. The first kappa shape index (κ1) is 28.6. The Hall–Kier alpha value is -2.97. The number of rotatable bonds is 9. The Morgan fingerprint density at radius 2 is 1.97 bits per heavy atom. The molecule has 2 aromatic carbocycles. The molecular formula is C29H40FN3O4. The summed E-state index contributed by atoms with van der Waals surface area (Å²) in [4.78, 5) is 26.3. The molecular weight excluding hydrogens is 473 g/mol. The van der Waals surface area contributed by atoms with Gasteiger partial charge in [0.15, 0.2) is 0 Å². The maximum Gasteiger partial charge on any atom is 0.406 e. The maximum atomic E-state index is 15.5. The number of nitrogens with zero attached hydrogens (tertiary/aromatic N) is 1. The summed E-state index contributed by atoms with van der Waals surface area (Å²) < 4.78 is 20.2. The van der Waals surface area contributed by atoms with Crippen molar-refractivity contribution in [2.45, 2.75) is 64.0 Å². The Labute approximate surface area is 219 Å². The van der Waals surface area contributed by atoms with Gasteiger partial charge in [0.1, 0.15) is 5.82 Å². The quantitative estimate of drug-likeness (QED) is 0.432. The number of methoxy groups -OCH3 is 1. The van der Waals surface area contributed by atoms with Gasteiger partial charge >= 0.3 is 6.09 Å². The summed E-state index contributed by atoms with van der Waals surface area (Å²) >= 11 is 0. The number of ether oxygens (including phenoxy) is 1. The average Bonchev–Trinajstić information content (AvgIpc) is 2.89. The molecule has 3 rings (SSSR count). The largest absolute Gasteiger partial charge is 0.453 e. The van der Waals surface area contributed by atoms with Gasteiger partial charge < -0.3 is 25.8 Å². The van der Waals surface area contributed by atoms with Crippen molar-refractivity contribution >= 4 is 12.0 Å². The highest BCUT2D eigenvalue weighted by Crippen LogP contribution is 2.44. The standard InChI is InChI=1S/C29H40FN3O4/c1-5-20-10-6-11-21(18-20)25-23(13-7-14-24(25)30)29(36,15-9-16-32-27(35)37-4)22-12-8-17-33(19-22)26(34)28(2,3)31/h6-7,10-11,13-14,18,22,36H,5,8-9,12,15-17,19,31H2,1-4H3,(H,32,35). The van der Waals surface area contributed by atoms with Gasteiger partial charge in [-0.25, -0.2) is 9.18 Å². The van der Waals surface area contributed by atoms with E-state index in [0.29, 0.717) is 49.0 Å². The molecule has 8 heteroatoms. The first-order valence-corrected chi connectivity index (χ1v) is 13.0. The van der Waals surface area contributed by atoms with Crippen LogP contribution in [-0.2, 0) is 21.6 Å². The molecule has 0 radical (unpaired) electrons. The van der Waals surface area contributed by atoms with Crippen LogP contribution in [0.2, 0.25) is 0 Å². The Morgan fingerprint density at radius 3 is 2.65 bits per heavy atom. The van der Waals surface area contributed by atoms with E-state index in [4.69, 9.17) is 5.73 Å². The number of aryl methyl sites for hydroxylation is 1. The van der Waals surface area contributed by atoms with Gasteiger partial charge in [-0.3, -0.25) is 4.79 Å². The molecule has 0 spiro atoms. The zero-order chi connectivity index (χ0) is 27.2. The third-order valence-electron chi connectivity index (χ3n) is 7.23. The van der Waals surface area contributed by atoms with Gasteiger partial charge in [0, 0.05) is 31.1 Å². The monoisotopic (exact) mass is 513 g/mol. The number of nitrogens with one attached hydrogen (secondary N) is 1. The van der Waals surface area contributed by atoms with Gasteiger partial charge in [0.05, 0.1) is 18.2 Å². The highest BCUT2D eigenvalue weighted by atomic mass is 19.1. The molecule has 4 N–H and O–H groups in total. The molecule has 2 unspecified atom stereocenters. The van der Waals surface area contributed by atoms with E-state index in [1.807, 2.05) is 31.2 Å². The second kappa shape index (κ2) is 12.0. The van der Waals surface area contributed by atoms with E-state index < -0.39 is 23.1 Å². The molecule has 37 heavy (non-hydrogen) atoms. The molecule has 202 valence electrons. The zero-order valence-corrected chi connectivity index (χ0v) is 22.4. The van der Waals surface area contributed by atoms with Gasteiger partial charge in [-0.2, -0.15) is 0 Å². The maximum absolute atomic E-state index is 15.5. The molecule has 2 atom stereocenters. The van der Waals surface area contributed by atoms with Crippen LogP contribution in [0, 0.1) is 11.7 Å². The number of amides is 2. The van der Waals surface area contributed by atoms with E-state index in [2.05, 4.69) is 10.1 Å². The first-order valence-electron chi connectivity index (χ1n) is 13.0. The van der Waals surface area contributed by atoms with Crippen LogP contribution < -0.4 is 11.1 Å². The molecule has 1 aliphatic heterocycles. The summed E-state index contributed by atoms with van der Waals surface area (Å²) in [6.45, 7) is 6.55. The number of halogens is 1. The number of hydrogen-bond acceptors (Lipinski definition) is 5. The van der Waals surface area contributed by atoms with Crippen molar-refractivity contribution in [3.8, 4) is 11.1 Å². The van der Waals surface area contributed by atoms with E-state index >= 15 is 4.39 Å². The van der Waals surface area contributed by atoms with E-state index in [1.54, 1.807) is 30.9 Å². The zero-order valence-electron chi connectivity index (χ0n) is 22.4. The van der Waals surface area contributed by atoms with Crippen LogP contribution in [0.4, 0.5) is 9.18 Å². The summed E-state index contributed by atoms with van der Waals surface area (Å²) in [6, 6.07) is 12.5. The Kier molecular flexibility index (Phi) is 9.31. The Bertz CT molecular complexity index is 1100. The molecule has 1 saturated heterocycles. The third-order valence-corrected chi connectivity index (χ3v) is 7.23. The van der Waals surface area contributed by atoms with Crippen LogP contribution in [0.25, 0.3) is 11.1 Å². The number of likely N-dealkylation sites (tertiary alicyclic amines) is 1. The predicted molar refractivity (Wildman–Crippen MR) is 142 cm³/mol. The fourth-order valence-electron chi connectivity index (χ4n) is 5.26. The highest BCUT2D eigenvalue weighted by molar-refractivity contribution is 5.85. The van der Waals surface area contributed by atoms with Crippen LogP contribution >= 0.6 is 0 Å². The predicted octanol–water partition coefficient (Wildman–Crippen LogP) is 4.35. The van der Waals surface area contributed by atoms with Crippen LogP contribution in [0.3, 0.4) is 0 Å². The fourth-order valence-corrected chi connectivity index (χ4v) is 5.26. The van der Waals surface area contributed by atoms with E-state index in [1.165, 1.54) is 13.2 Å². The number of benzene rings is 2. The minimum absolute atomic E-state index is 0.179. The molecule has 2 aromatic rings. The van der Waals surface area contributed by atoms with Crippen molar-refractivity contribution in [1.29, 1.82) is 0 Å². The van der Waals surface area contributed by atoms with Crippen LogP contribution in [0.15, 0.2) is 42.5 Å². The van der Waals surface area contributed by atoms with Gasteiger partial charge in [-0.05, 0) is 68.7 Å². The van der Waals surface area contributed by atoms with E-state index in [9.17, 15) is 14.7 Å². The Balaban J connectivity index is 2.05. The number of carbonyl (C=O) groups is 2. The van der Waals surface area contributed by atoms with Crippen molar-refractivity contribution in [2.24, 2.45) is 11.7 Å². The lowest BCUT2D eigenvalue weighted by Gasteiger charge is -2.44. The molecule has 1 fully saturated rings. The second-order valence-electron chi connectivity index (χ2n) is 10.5. The highest BCUT2D eigenvalue weighted by Gasteiger charge is 2.44. The van der Waals surface area contributed by atoms with E-state index in [-0.39, 0.29) is 24.8 Å². The van der Waals surface area contributed by atoms with Gasteiger partial charge in [0.25, 0.3) is 0 Å². The number of alkyl carbamates (subject to hydrolysis) is 1. The normalized spacial score (nSPS) is 17.7. The number of piperidine rings is 1. The van der Waals surface area contributed by atoms with Gasteiger partial charge in [0.2, 0.25) is 5.91 Å². The van der Waals surface area contributed by atoms with Crippen molar-refractivity contribution in [1.82, 2.24) is 10.2 Å². The number of carbonyl (C=O) groups excluding carboxylic acids is 2. The van der Waals surface area contributed by atoms with Crippen molar-refractivity contribution < 1.29 is 23.8 Å².